The first-order valence-electron chi connectivity index (χ1n) is 6.44. The van der Waals surface area contributed by atoms with Crippen molar-refractivity contribution in [3.8, 4) is 0 Å². The van der Waals surface area contributed by atoms with Crippen molar-refractivity contribution in [3.05, 3.63) is 22.7 Å². The summed E-state index contributed by atoms with van der Waals surface area (Å²) in [5.41, 5.74) is 0.713. The normalized spacial score (nSPS) is 17.8. The molecule has 0 atom stereocenters. The molecule has 0 spiro atoms. The molecule has 19 heavy (non-hydrogen) atoms. The maximum absolute atomic E-state index is 12.3. The number of benzene rings is 1. The first-order chi connectivity index (χ1) is 9.07. The summed E-state index contributed by atoms with van der Waals surface area (Å²) in [4.78, 5) is 16.8. The van der Waals surface area contributed by atoms with E-state index in [1.165, 1.54) is 11.3 Å². The molecule has 0 saturated heterocycles. The molecular formula is C14H15BrN2OS. The molecular weight excluding hydrogens is 324 g/mol. The molecule has 3 nitrogen and oxygen atoms in total. The summed E-state index contributed by atoms with van der Waals surface area (Å²) in [7, 11) is 0. The van der Waals surface area contributed by atoms with Crippen molar-refractivity contribution in [1.29, 1.82) is 0 Å². The number of rotatable bonds is 2. The molecule has 0 unspecified atom stereocenters. The monoisotopic (exact) mass is 338 g/mol. The summed E-state index contributed by atoms with van der Waals surface area (Å²) in [5.74, 6) is 0.114. The Balaban J connectivity index is 1.83. The molecule has 1 aliphatic carbocycles. The van der Waals surface area contributed by atoms with Crippen LogP contribution < -0.4 is 5.32 Å². The van der Waals surface area contributed by atoms with Crippen LogP contribution in [-0.4, -0.2) is 10.9 Å². The van der Waals surface area contributed by atoms with Gasteiger partial charge in [-0.25, -0.2) is 4.98 Å². The van der Waals surface area contributed by atoms with Gasteiger partial charge in [-0.1, -0.05) is 47.0 Å². The van der Waals surface area contributed by atoms with Gasteiger partial charge in [0, 0.05) is 9.89 Å². The summed E-state index contributed by atoms with van der Waals surface area (Å²) < 4.78 is 2.10. The molecule has 0 aliphatic heterocycles. The van der Waals surface area contributed by atoms with Gasteiger partial charge in [0.05, 0.1) is 10.2 Å². The molecule has 1 amide bonds. The molecule has 0 bridgehead atoms. The van der Waals surface area contributed by atoms with Crippen molar-refractivity contribution in [3.63, 3.8) is 0 Å². The highest BCUT2D eigenvalue weighted by atomic mass is 79.9. The molecule has 3 rings (SSSR count). The fourth-order valence-electron chi connectivity index (χ4n) is 2.58. The van der Waals surface area contributed by atoms with Crippen molar-refractivity contribution in [1.82, 2.24) is 4.98 Å². The Kier molecular flexibility index (Phi) is 3.35. The lowest BCUT2D eigenvalue weighted by Gasteiger charge is -2.21. The zero-order chi connectivity index (χ0) is 13.5. The Morgan fingerprint density at radius 2 is 2.16 bits per heavy atom. The molecule has 1 aromatic carbocycles. The number of hydrogen-bond acceptors (Lipinski definition) is 3. The molecule has 1 aromatic heterocycles. The fraction of sp³-hybridized carbons (Fsp3) is 0.429. The highest BCUT2D eigenvalue weighted by Crippen LogP contribution is 2.39. The van der Waals surface area contributed by atoms with Gasteiger partial charge in [0.2, 0.25) is 5.91 Å². The third kappa shape index (κ3) is 2.54. The van der Waals surface area contributed by atoms with Crippen molar-refractivity contribution in [2.24, 2.45) is 5.41 Å². The fourth-order valence-corrected chi connectivity index (χ4v) is 3.77. The smallest absolute Gasteiger partial charge is 0.232 e. The van der Waals surface area contributed by atoms with Gasteiger partial charge in [0.25, 0.3) is 0 Å². The number of anilines is 1. The van der Waals surface area contributed by atoms with E-state index >= 15 is 0 Å². The summed E-state index contributed by atoms with van der Waals surface area (Å²) in [6.45, 7) is 2.05. The van der Waals surface area contributed by atoms with Crippen LogP contribution in [-0.2, 0) is 4.79 Å². The van der Waals surface area contributed by atoms with E-state index in [9.17, 15) is 4.79 Å². The summed E-state index contributed by atoms with van der Waals surface area (Å²) in [6.07, 6.45) is 4.26. The summed E-state index contributed by atoms with van der Waals surface area (Å²) in [5, 5.41) is 3.69. The molecule has 1 aliphatic rings. The first kappa shape index (κ1) is 13.1. The SMILES string of the molecule is CC1(C(=O)Nc2nc3cc(Br)ccc3s2)CCCC1. The number of amides is 1. The van der Waals surface area contributed by atoms with Gasteiger partial charge >= 0.3 is 0 Å². The molecule has 100 valence electrons. The highest BCUT2D eigenvalue weighted by Gasteiger charge is 2.36. The van der Waals surface area contributed by atoms with Crippen LogP contribution in [0.3, 0.4) is 0 Å². The zero-order valence-electron chi connectivity index (χ0n) is 10.7. The standard InChI is InChI=1S/C14H15BrN2OS/c1-14(6-2-3-7-14)12(18)17-13-16-10-8-9(15)4-5-11(10)19-13/h4-5,8H,2-3,6-7H2,1H3,(H,16,17,18). The van der Waals surface area contributed by atoms with Crippen LogP contribution in [0.2, 0.25) is 0 Å². The minimum absolute atomic E-state index is 0.114. The first-order valence-corrected chi connectivity index (χ1v) is 8.05. The second-order valence-corrected chi connectivity index (χ2v) is 7.30. The predicted octanol–water partition coefficient (Wildman–Crippen LogP) is 4.58. The highest BCUT2D eigenvalue weighted by molar-refractivity contribution is 9.10. The molecule has 5 heteroatoms. The van der Waals surface area contributed by atoms with Gasteiger partial charge in [-0.05, 0) is 31.0 Å². The number of fused-ring (bicyclic) bond motifs is 1. The lowest BCUT2D eigenvalue weighted by Crippen LogP contribution is -2.30. The number of nitrogens with zero attached hydrogens (tertiary/aromatic N) is 1. The van der Waals surface area contributed by atoms with Crippen molar-refractivity contribution in [2.45, 2.75) is 32.6 Å². The second-order valence-electron chi connectivity index (χ2n) is 5.35. The molecule has 2 aromatic rings. The molecule has 1 saturated carbocycles. The molecule has 1 fully saturated rings. The Morgan fingerprint density at radius 1 is 1.42 bits per heavy atom. The van der Waals surface area contributed by atoms with E-state index in [0.717, 1.165) is 40.4 Å². The van der Waals surface area contributed by atoms with Gasteiger partial charge in [-0.3, -0.25) is 4.79 Å². The van der Waals surface area contributed by atoms with Crippen LogP contribution in [0.4, 0.5) is 5.13 Å². The predicted molar refractivity (Wildman–Crippen MR) is 82.5 cm³/mol. The Morgan fingerprint density at radius 3 is 2.89 bits per heavy atom. The van der Waals surface area contributed by atoms with Crippen LogP contribution >= 0.6 is 27.3 Å². The van der Waals surface area contributed by atoms with Crippen LogP contribution in [0.5, 0.6) is 0 Å². The number of carbonyl (C=O) groups excluding carboxylic acids is 1. The summed E-state index contributed by atoms with van der Waals surface area (Å²) >= 11 is 4.96. The number of hydrogen-bond donors (Lipinski definition) is 1. The third-order valence-corrected chi connectivity index (χ3v) is 5.27. The minimum atomic E-state index is -0.210. The van der Waals surface area contributed by atoms with E-state index in [-0.39, 0.29) is 11.3 Å². The van der Waals surface area contributed by atoms with Crippen LogP contribution in [0, 0.1) is 5.41 Å². The Bertz CT molecular complexity index is 631. The second kappa shape index (κ2) is 4.87. The van der Waals surface area contributed by atoms with Crippen molar-refractivity contribution < 1.29 is 4.79 Å². The quantitative estimate of drug-likeness (QED) is 0.870. The largest absolute Gasteiger partial charge is 0.301 e. The number of aromatic nitrogens is 1. The third-order valence-electron chi connectivity index (χ3n) is 3.83. The van der Waals surface area contributed by atoms with E-state index in [1.54, 1.807) is 0 Å². The maximum atomic E-state index is 12.3. The lowest BCUT2D eigenvalue weighted by molar-refractivity contribution is -0.124. The van der Waals surface area contributed by atoms with Crippen molar-refractivity contribution in [2.75, 3.05) is 5.32 Å². The van der Waals surface area contributed by atoms with Crippen LogP contribution in [0.15, 0.2) is 22.7 Å². The Hall–Kier alpha value is -0.940. The van der Waals surface area contributed by atoms with Crippen LogP contribution in [0.25, 0.3) is 10.2 Å². The van der Waals surface area contributed by atoms with E-state index in [0.29, 0.717) is 5.13 Å². The van der Waals surface area contributed by atoms with Crippen LogP contribution in [0.1, 0.15) is 32.6 Å². The zero-order valence-corrected chi connectivity index (χ0v) is 13.1. The Labute approximate surface area is 124 Å². The van der Waals surface area contributed by atoms with Gasteiger partial charge in [0.15, 0.2) is 5.13 Å². The number of halogens is 1. The van der Waals surface area contributed by atoms with E-state index < -0.39 is 0 Å². The average molecular weight is 339 g/mol. The number of thiazole rings is 1. The minimum Gasteiger partial charge on any atom is -0.301 e. The topological polar surface area (TPSA) is 42.0 Å². The molecule has 1 heterocycles. The molecule has 1 N–H and O–H groups in total. The lowest BCUT2D eigenvalue weighted by atomic mass is 9.88. The van der Waals surface area contributed by atoms with E-state index in [4.69, 9.17) is 0 Å². The van der Waals surface area contributed by atoms with Gasteiger partial charge in [0.1, 0.15) is 0 Å². The average Bonchev–Trinajstić information content (AvgIpc) is 2.95. The number of carbonyl (C=O) groups is 1. The van der Waals surface area contributed by atoms with E-state index in [1.807, 2.05) is 18.2 Å². The van der Waals surface area contributed by atoms with Gasteiger partial charge < -0.3 is 5.32 Å². The summed E-state index contributed by atoms with van der Waals surface area (Å²) in [6, 6.07) is 5.98. The van der Waals surface area contributed by atoms with E-state index in [2.05, 4.69) is 33.2 Å². The number of nitrogens with one attached hydrogen (secondary N) is 1. The maximum Gasteiger partial charge on any atom is 0.232 e. The van der Waals surface area contributed by atoms with Gasteiger partial charge in [-0.15, -0.1) is 0 Å². The van der Waals surface area contributed by atoms with Crippen molar-refractivity contribution >= 4 is 48.5 Å². The van der Waals surface area contributed by atoms with Gasteiger partial charge in [-0.2, -0.15) is 0 Å². The molecule has 0 radical (unpaired) electrons.